The minimum absolute atomic E-state index is 0.214. The van der Waals surface area contributed by atoms with E-state index in [2.05, 4.69) is 15.5 Å². The van der Waals surface area contributed by atoms with Crippen molar-refractivity contribution in [2.24, 2.45) is 0 Å². The van der Waals surface area contributed by atoms with Crippen molar-refractivity contribution in [3.8, 4) is 11.5 Å². The highest BCUT2D eigenvalue weighted by Gasteiger charge is 2.28. The first-order chi connectivity index (χ1) is 11.0. The van der Waals surface area contributed by atoms with Gasteiger partial charge in [-0.25, -0.2) is 8.42 Å². The molecule has 0 spiro atoms. The Labute approximate surface area is 135 Å². The van der Waals surface area contributed by atoms with E-state index in [0.29, 0.717) is 36.8 Å². The molecule has 1 aromatic carbocycles. The zero-order chi connectivity index (χ0) is 16.4. The molecule has 1 fully saturated rings. The lowest BCUT2D eigenvalue weighted by Crippen LogP contribution is -2.24. The molecule has 1 N–H and O–H groups in total. The number of hydrogen-bond acceptors (Lipinski definition) is 6. The topological polar surface area (TPSA) is 88.3 Å². The zero-order valence-corrected chi connectivity index (χ0v) is 14.0. The van der Waals surface area contributed by atoms with Crippen molar-refractivity contribution in [2.45, 2.75) is 25.8 Å². The lowest BCUT2D eigenvalue weighted by atomic mass is 10.2. The van der Waals surface area contributed by atoms with Gasteiger partial charge in [0.25, 0.3) is 5.89 Å². The third kappa shape index (κ3) is 3.37. The van der Waals surface area contributed by atoms with Gasteiger partial charge in [-0.15, -0.1) is 0 Å². The average Bonchev–Trinajstić information content (AvgIpc) is 3.13. The van der Waals surface area contributed by atoms with Gasteiger partial charge in [-0.2, -0.15) is 4.98 Å². The summed E-state index contributed by atoms with van der Waals surface area (Å²) in [6.45, 7) is 2.58. The monoisotopic (exact) mass is 336 g/mol. The first-order valence-electron chi connectivity index (χ1n) is 7.60. The van der Waals surface area contributed by atoms with Crippen molar-refractivity contribution in [2.75, 3.05) is 23.7 Å². The molecule has 23 heavy (non-hydrogen) atoms. The number of aromatic nitrogens is 2. The predicted octanol–water partition coefficient (Wildman–Crippen LogP) is 1.43. The van der Waals surface area contributed by atoms with Crippen LogP contribution >= 0.6 is 0 Å². The van der Waals surface area contributed by atoms with Crippen LogP contribution in [0.4, 0.5) is 5.69 Å². The van der Waals surface area contributed by atoms with Crippen LogP contribution in [0.25, 0.3) is 11.5 Å². The Hall–Kier alpha value is -1.93. The van der Waals surface area contributed by atoms with Gasteiger partial charge in [-0.1, -0.05) is 5.16 Å². The molecular formula is C15H20N4O3S. The Kier molecular flexibility index (Phi) is 4.36. The van der Waals surface area contributed by atoms with E-state index in [-0.39, 0.29) is 11.8 Å². The minimum Gasteiger partial charge on any atom is -0.334 e. The van der Waals surface area contributed by atoms with Crippen LogP contribution in [0, 0.1) is 0 Å². The van der Waals surface area contributed by atoms with Crippen LogP contribution in [0.15, 0.2) is 28.8 Å². The molecule has 1 aromatic heterocycles. The molecule has 8 heteroatoms. The second-order valence-electron chi connectivity index (χ2n) is 5.70. The zero-order valence-electron chi connectivity index (χ0n) is 13.2. The molecule has 7 nitrogen and oxygen atoms in total. The summed E-state index contributed by atoms with van der Waals surface area (Å²) in [5.74, 6) is 1.30. The number of anilines is 1. The summed E-state index contributed by atoms with van der Waals surface area (Å²) < 4.78 is 30.6. The second kappa shape index (κ2) is 6.29. The molecule has 0 amide bonds. The molecule has 0 radical (unpaired) electrons. The summed E-state index contributed by atoms with van der Waals surface area (Å²) in [4.78, 5) is 4.37. The van der Waals surface area contributed by atoms with E-state index >= 15 is 0 Å². The van der Waals surface area contributed by atoms with E-state index in [1.54, 1.807) is 12.1 Å². The van der Waals surface area contributed by atoms with Gasteiger partial charge in [0.15, 0.2) is 5.82 Å². The lowest BCUT2D eigenvalue weighted by Gasteiger charge is -2.16. The van der Waals surface area contributed by atoms with Gasteiger partial charge in [0.2, 0.25) is 10.0 Å². The van der Waals surface area contributed by atoms with Crippen molar-refractivity contribution in [1.29, 1.82) is 0 Å². The average molecular weight is 336 g/mol. The summed E-state index contributed by atoms with van der Waals surface area (Å²) in [6, 6.07) is 7.43. The van der Waals surface area contributed by atoms with Gasteiger partial charge in [-0.3, -0.25) is 4.31 Å². The first-order valence-corrected chi connectivity index (χ1v) is 9.21. The Morgan fingerprint density at radius 1 is 1.35 bits per heavy atom. The highest BCUT2D eigenvalue weighted by atomic mass is 32.2. The third-order valence-electron chi connectivity index (χ3n) is 3.95. The Morgan fingerprint density at radius 2 is 2.09 bits per heavy atom. The van der Waals surface area contributed by atoms with Crippen LogP contribution in [0.3, 0.4) is 0 Å². The van der Waals surface area contributed by atoms with Crippen LogP contribution in [0.2, 0.25) is 0 Å². The maximum Gasteiger partial charge on any atom is 0.257 e. The molecule has 0 aliphatic carbocycles. The maximum atomic E-state index is 11.9. The van der Waals surface area contributed by atoms with Crippen molar-refractivity contribution < 1.29 is 12.9 Å². The summed E-state index contributed by atoms with van der Waals surface area (Å²) >= 11 is 0. The number of likely N-dealkylation sites (N-methyl/N-ethyl adjacent to an activating group) is 1. The lowest BCUT2D eigenvalue weighted by molar-refractivity contribution is 0.418. The van der Waals surface area contributed by atoms with Crippen LogP contribution in [-0.4, -0.2) is 43.9 Å². The molecule has 1 unspecified atom stereocenters. The summed E-state index contributed by atoms with van der Waals surface area (Å²) in [6.07, 6.45) is 1.35. The molecule has 2 aromatic rings. The molecule has 1 saturated heterocycles. The SMILES string of the molecule is CNC(C)Cc1noc(-c2ccc(N3CCCS3(=O)=O)cc2)n1. The number of hydrogen-bond donors (Lipinski definition) is 1. The molecule has 0 bridgehead atoms. The smallest absolute Gasteiger partial charge is 0.257 e. The van der Waals surface area contributed by atoms with Gasteiger partial charge in [0.1, 0.15) is 0 Å². The van der Waals surface area contributed by atoms with E-state index in [9.17, 15) is 8.42 Å². The summed E-state index contributed by atoms with van der Waals surface area (Å²) in [5, 5.41) is 7.10. The van der Waals surface area contributed by atoms with Crippen LogP contribution < -0.4 is 9.62 Å². The van der Waals surface area contributed by atoms with Crippen molar-refractivity contribution >= 4 is 15.7 Å². The number of nitrogens with one attached hydrogen (secondary N) is 1. The molecule has 1 aliphatic rings. The number of benzene rings is 1. The molecule has 1 aliphatic heterocycles. The Bertz CT molecular complexity index is 770. The van der Waals surface area contributed by atoms with E-state index in [4.69, 9.17) is 4.52 Å². The third-order valence-corrected chi connectivity index (χ3v) is 5.82. The highest BCUT2D eigenvalue weighted by molar-refractivity contribution is 7.93. The van der Waals surface area contributed by atoms with Crippen molar-refractivity contribution in [3.05, 3.63) is 30.1 Å². The quantitative estimate of drug-likeness (QED) is 0.888. The Balaban J connectivity index is 1.77. The minimum atomic E-state index is -3.15. The fraction of sp³-hybridized carbons (Fsp3) is 0.467. The molecule has 2 heterocycles. The van der Waals surface area contributed by atoms with E-state index < -0.39 is 10.0 Å². The van der Waals surface area contributed by atoms with Gasteiger partial charge < -0.3 is 9.84 Å². The maximum absolute atomic E-state index is 11.9. The summed E-state index contributed by atoms with van der Waals surface area (Å²) in [7, 11) is -1.27. The van der Waals surface area contributed by atoms with Crippen LogP contribution in [-0.2, 0) is 16.4 Å². The number of nitrogens with zero attached hydrogens (tertiary/aromatic N) is 3. The standard InChI is InChI=1S/C15H20N4O3S/c1-11(16-2)10-14-17-15(22-18-14)12-4-6-13(7-5-12)19-8-3-9-23(19,20)21/h4-7,11,16H,3,8-10H2,1-2H3. The second-order valence-corrected chi connectivity index (χ2v) is 7.71. The predicted molar refractivity (Wildman–Crippen MR) is 87.7 cm³/mol. The van der Waals surface area contributed by atoms with Crippen molar-refractivity contribution in [1.82, 2.24) is 15.5 Å². The van der Waals surface area contributed by atoms with Crippen LogP contribution in [0.1, 0.15) is 19.2 Å². The molecule has 0 saturated carbocycles. The molecular weight excluding hydrogens is 316 g/mol. The highest BCUT2D eigenvalue weighted by Crippen LogP contribution is 2.26. The molecule has 124 valence electrons. The van der Waals surface area contributed by atoms with E-state index in [1.807, 2.05) is 26.1 Å². The fourth-order valence-electron chi connectivity index (χ4n) is 2.53. The van der Waals surface area contributed by atoms with E-state index in [0.717, 1.165) is 5.56 Å². The van der Waals surface area contributed by atoms with Gasteiger partial charge >= 0.3 is 0 Å². The van der Waals surface area contributed by atoms with Gasteiger partial charge in [0.05, 0.1) is 11.4 Å². The van der Waals surface area contributed by atoms with Gasteiger partial charge in [0, 0.05) is 24.6 Å². The normalized spacial score (nSPS) is 18.3. The number of rotatable bonds is 5. The fourth-order valence-corrected chi connectivity index (χ4v) is 4.09. The van der Waals surface area contributed by atoms with E-state index in [1.165, 1.54) is 4.31 Å². The van der Waals surface area contributed by atoms with Gasteiger partial charge in [-0.05, 0) is 44.7 Å². The first kappa shape index (κ1) is 15.9. The Morgan fingerprint density at radius 3 is 2.70 bits per heavy atom. The largest absolute Gasteiger partial charge is 0.334 e. The summed E-state index contributed by atoms with van der Waals surface area (Å²) in [5.41, 5.74) is 1.45. The van der Waals surface area contributed by atoms with Crippen molar-refractivity contribution in [3.63, 3.8) is 0 Å². The van der Waals surface area contributed by atoms with Crippen LogP contribution in [0.5, 0.6) is 0 Å². The molecule has 3 rings (SSSR count). The number of sulfonamides is 1. The molecule has 1 atom stereocenters.